The zero-order valence-electron chi connectivity index (χ0n) is 19.2. The van der Waals surface area contributed by atoms with E-state index in [1.165, 1.54) is 50.7 Å². The number of hydrogen-bond acceptors (Lipinski definition) is 6. The third kappa shape index (κ3) is 6.05. The molecule has 1 aromatic carbocycles. The van der Waals surface area contributed by atoms with Crippen LogP contribution in [0.1, 0.15) is 62.7 Å². The van der Waals surface area contributed by atoms with Crippen molar-refractivity contribution in [3.8, 4) is 5.75 Å². The summed E-state index contributed by atoms with van der Waals surface area (Å²) in [4.78, 5) is 12.2. The maximum absolute atomic E-state index is 14.5. The molecule has 4 bridgehead atoms. The van der Waals surface area contributed by atoms with E-state index < -0.39 is 40.6 Å². The Morgan fingerprint density at radius 3 is 2.30 bits per heavy atom. The largest absolute Gasteiger partial charge is 0.462 e. The average Bonchev–Trinajstić information content (AvgIpc) is 2.70. The molecule has 1 aromatic rings. The van der Waals surface area contributed by atoms with Gasteiger partial charge in [-0.2, -0.15) is 8.42 Å². The van der Waals surface area contributed by atoms with Gasteiger partial charge in [-0.1, -0.05) is 13.8 Å². The second-order valence-electron chi connectivity index (χ2n) is 10.5. The molecule has 184 valence electrons. The van der Waals surface area contributed by atoms with Gasteiger partial charge >= 0.3 is 5.97 Å². The molecule has 4 saturated carbocycles. The molecule has 0 aliphatic heterocycles. The Hall–Kier alpha value is -1.71. The fourth-order valence-electron chi connectivity index (χ4n) is 6.26. The van der Waals surface area contributed by atoms with Gasteiger partial charge in [0.15, 0.2) is 11.6 Å². The van der Waals surface area contributed by atoms with Gasteiger partial charge < -0.3 is 14.2 Å². The van der Waals surface area contributed by atoms with Crippen LogP contribution in [0.25, 0.3) is 0 Å². The predicted molar refractivity (Wildman–Crippen MR) is 119 cm³/mol. The monoisotopic (exact) mass is 484 g/mol. The van der Waals surface area contributed by atoms with Gasteiger partial charge in [-0.15, -0.1) is 0 Å². The standard InChI is InChI=1S/C24H33FO7S/c1-15(2)23(31-14-24-11-16-7-17(12-24)9-18(8-16)13-24)32-21-10-19(3-4-20(21)25)22(26)30-5-6-33(27,28)29/h3-4,10,15-18,23H,5-9,11-14H2,1-2H3,(H,27,28,29). The molecule has 9 heteroatoms. The van der Waals surface area contributed by atoms with Crippen LogP contribution in [-0.4, -0.2) is 44.2 Å². The van der Waals surface area contributed by atoms with Crippen LogP contribution in [-0.2, 0) is 19.6 Å². The maximum atomic E-state index is 14.5. The van der Waals surface area contributed by atoms with E-state index >= 15 is 0 Å². The van der Waals surface area contributed by atoms with Crippen molar-refractivity contribution in [3.05, 3.63) is 29.6 Å². The second-order valence-corrected chi connectivity index (χ2v) is 12.1. The fourth-order valence-corrected chi connectivity index (χ4v) is 6.55. The summed E-state index contributed by atoms with van der Waals surface area (Å²) in [5, 5.41) is 0. The number of benzene rings is 1. The third-order valence-corrected chi connectivity index (χ3v) is 7.93. The van der Waals surface area contributed by atoms with Crippen molar-refractivity contribution in [2.24, 2.45) is 29.1 Å². The van der Waals surface area contributed by atoms with Crippen LogP contribution in [0, 0.1) is 34.9 Å². The van der Waals surface area contributed by atoms with Gasteiger partial charge in [0.25, 0.3) is 10.1 Å². The van der Waals surface area contributed by atoms with E-state index in [2.05, 4.69) is 0 Å². The molecule has 0 amide bonds. The highest BCUT2D eigenvalue weighted by atomic mass is 32.2. The molecule has 4 aliphatic rings. The lowest BCUT2D eigenvalue weighted by Crippen LogP contribution is -2.49. The topological polar surface area (TPSA) is 99.1 Å². The summed E-state index contributed by atoms with van der Waals surface area (Å²) in [6, 6.07) is 3.57. The highest BCUT2D eigenvalue weighted by molar-refractivity contribution is 7.85. The third-order valence-electron chi connectivity index (χ3n) is 7.25. The quantitative estimate of drug-likeness (QED) is 0.297. The molecule has 7 nitrogen and oxygen atoms in total. The van der Waals surface area contributed by atoms with Crippen LogP contribution in [0.5, 0.6) is 5.75 Å². The summed E-state index contributed by atoms with van der Waals surface area (Å²) >= 11 is 0. The molecular formula is C24H33FO7S. The molecule has 5 rings (SSSR count). The molecule has 0 radical (unpaired) electrons. The van der Waals surface area contributed by atoms with E-state index in [0.29, 0.717) is 6.61 Å². The Kier molecular flexibility index (Phi) is 7.03. The van der Waals surface area contributed by atoms with Gasteiger partial charge in [-0.3, -0.25) is 4.55 Å². The van der Waals surface area contributed by atoms with Crippen molar-refractivity contribution in [2.45, 2.75) is 58.7 Å². The van der Waals surface area contributed by atoms with Crippen LogP contribution >= 0.6 is 0 Å². The molecule has 1 unspecified atom stereocenters. The first-order chi connectivity index (χ1) is 15.5. The Bertz CT molecular complexity index is 940. The lowest BCUT2D eigenvalue weighted by molar-refractivity contribution is -0.167. The molecular weight excluding hydrogens is 451 g/mol. The predicted octanol–water partition coefficient (Wildman–Crippen LogP) is 4.46. The smallest absolute Gasteiger partial charge is 0.338 e. The molecule has 0 heterocycles. The van der Waals surface area contributed by atoms with E-state index in [-0.39, 0.29) is 22.6 Å². The molecule has 1 atom stereocenters. The molecule has 0 saturated heterocycles. The summed E-state index contributed by atoms with van der Waals surface area (Å²) in [5.74, 6) is 0.0779. The first-order valence-electron chi connectivity index (χ1n) is 11.7. The number of carbonyl (C=O) groups is 1. The summed E-state index contributed by atoms with van der Waals surface area (Å²) in [7, 11) is -4.24. The zero-order valence-corrected chi connectivity index (χ0v) is 20.0. The van der Waals surface area contributed by atoms with Gasteiger partial charge in [0, 0.05) is 5.92 Å². The number of carbonyl (C=O) groups excluding carboxylic acids is 1. The first kappa shape index (κ1) is 24.4. The Morgan fingerprint density at radius 2 is 1.76 bits per heavy atom. The SMILES string of the molecule is CC(C)C(OCC12CC3CC(CC(C3)C1)C2)Oc1cc(C(=O)OCCS(=O)(=O)O)ccc1F. The van der Waals surface area contributed by atoms with Crippen molar-refractivity contribution in [3.63, 3.8) is 0 Å². The zero-order chi connectivity index (χ0) is 23.8. The highest BCUT2D eigenvalue weighted by Crippen LogP contribution is 2.60. The lowest BCUT2D eigenvalue weighted by atomic mass is 9.50. The number of esters is 1. The van der Waals surface area contributed by atoms with E-state index in [9.17, 15) is 17.6 Å². The van der Waals surface area contributed by atoms with E-state index in [4.69, 9.17) is 18.8 Å². The van der Waals surface area contributed by atoms with Crippen molar-refractivity contribution >= 4 is 16.1 Å². The van der Waals surface area contributed by atoms with Crippen molar-refractivity contribution in [1.82, 2.24) is 0 Å². The number of hydrogen-bond donors (Lipinski definition) is 1. The second kappa shape index (κ2) is 9.50. The van der Waals surface area contributed by atoms with Crippen LogP contribution < -0.4 is 4.74 Å². The number of halogens is 1. The van der Waals surface area contributed by atoms with Crippen LogP contribution in [0.15, 0.2) is 18.2 Å². The molecule has 4 fully saturated rings. The lowest BCUT2D eigenvalue weighted by Gasteiger charge is -2.56. The van der Waals surface area contributed by atoms with Crippen LogP contribution in [0.2, 0.25) is 0 Å². The van der Waals surface area contributed by atoms with Crippen molar-refractivity contribution in [2.75, 3.05) is 19.0 Å². The van der Waals surface area contributed by atoms with Gasteiger partial charge in [-0.05, 0) is 79.9 Å². The minimum Gasteiger partial charge on any atom is -0.462 e. The summed E-state index contributed by atoms with van der Waals surface area (Å²) < 4.78 is 61.8. The van der Waals surface area contributed by atoms with Crippen molar-refractivity contribution < 1.29 is 36.4 Å². The molecule has 0 aromatic heterocycles. The minimum atomic E-state index is -4.24. The van der Waals surface area contributed by atoms with E-state index in [0.717, 1.165) is 23.8 Å². The molecule has 0 spiro atoms. The van der Waals surface area contributed by atoms with Gasteiger partial charge in [-0.25, -0.2) is 9.18 Å². The molecule has 33 heavy (non-hydrogen) atoms. The Morgan fingerprint density at radius 1 is 1.15 bits per heavy atom. The maximum Gasteiger partial charge on any atom is 0.338 e. The average molecular weight is 485 g/mol. The Balaban J connectivity index is 1.39. The highest BCUT2D eigenvalue weighted by Gasteiger charge is 2.51. The summed E-state index contributed by atoms with van der Waals surface area (Å²) in [6.45, 7) is 3.97. The Labute approximate surface area is 194 Å². The fraction of sp³-hybridized carbons (Fsp3) is 0.708. The van der Waals surface area contributed by atoms with E-state index in [1.807, 2.05) is 13.8 Å². The minimum absolute atomic E-state index is 0.0188. The number of rotatable bonds is 10. The summed E-state index contributed by atoms with van der Waals surface area (Å²) in [5.41, 5.74) is 0.216. The van der Waals surface area contributed by atoms with E-state index in [1.54, 1.807) is 0 Å². The van der Waals surface area contributed by atoms with Gasteiger partial charge in [0.05, 0.1) is 12.2 Å². The first-order valence-corrected chi connectivity index (χ1v) is 13.3. The molecule has 1 N–H and O–H groups in total. The van der Waals surface area contributed by atoms with Crippen LogP contribution in [0.4, 0.5) is 4.39 Å². The number of ether oxygens (including phenoxy) is 3. The molecule has 4 aliphatic carbocycles. The van der Waals surface area contributed by atoms with Gasteiger partial charge in [0.1, 0.15) is 12.4 Å². The van der Waals surface area contributed by atoms with Crippen molar-refractivity contribution in [1.29, 1.82) is 0 Å². The summed E-state index contributed by atoms with van der Waals surface area (Å²) in [6.07, 6.45) is 6.97. The van der Waals surface area contributed by atoms with Gasteiger partial charge in [0.2, 0.25) is 6.29 Å². The normalized spacial score (nSPS) is 29.3. The van der Waals surface area contributed by atoms with Crippen LogP contribution in [0.3, 0.4) is 0 Å².